The van der Waals surface area contributed by atoms with Gasteiger partial charge in [0.2, 0.25) is 5.91 Å². The number of fused-ring (bicyclic) bond motifs is 1. The molecule has 2 aromatic rings. The van der Waals surface area contributed by atoms with Crippen molar-refractivity contribution in [1.82, 2.24) is 20.1 Å². The van der Waals surface area contributed by atoms with E-state index in [4.69, 9.17) is 0 Å². The average Bonchev–Trinajstić information content (AvgIpc) is 2.96. The lowest BCUT2D eigenvalue weighted by Gasteiger charge is -2.33. The molecular formula is C16H21F2N5OS. The number of likely N-dealkylation sites (N-methyl/N-ethyl adjacent to an activating group) is 1. The molecule has 136 valence electrons. The van der Waals surface area contributed by atoms with Crippen LogP contribution in [0, 0.1) is 11.6 Å². The number of carbonyl (C=O) groups excluding carboxylic acids is 1. The van der Waals surface area contributed by atoms with Crippen molar-refractivity contribution in [2.75, 3.05) is 52.1 Å². The minimum atomic E-state index is -0.725. The number of hydrogen-bond acceptors (Lipinski definition) is 6. The van der Waals surface area contributed by atoms with Crippen LogP contribution in [-0.2, 0) is 4.79 Å². The number of benzene rings is 1. The third kappa shape index (κ3) is 4.49. The molecule has 1 saturated heterocycles. The van der Waals surface area contributed by atoms with Gasteiger partial charge in [-0.05, 0) is 20.2 Å². The van der Waals surface area contributed by atoms with Gasteiger partial charge < -0.3 is 15.5 Å². The van der Waals surface area contributed by atoms with E-state index in [1.807, 2.05) is 14.1 Å². The second-order valence-corrected chi connectivity index (χ2v) is 7.38. The minimum Gasteiger partial charge on any atom is -0.308 e. The van der Waals surface area contributed by atoms with Crippen molar-refractivity contribution >= 4 is 32.6 Å². The maximum absolute atomic E-state index is 13.7. The van der Waals surface area contributed by atoms with Crippen LogP contribution < -0.4 is 10.6 Å². The van der Waals surface area contributed by atoms with E-state index in [0.29, 0.717) is 11.2 Å². The van der Waals surface area contributed by atoms with Gasteiger partial charge in [-0.25, -0.2) is 13.8 Å². The van der Waals surface area contributed by atoms with Gasteiger partial charge in [0.1, 0.15) is 11.3 Å². The Labute approximate surface area is 148 Å². The molecule has 0 spiro atoms. The van der Waals surface area contributed by atoms with Crippen LogP contribution in [0.1, 0.15) is 0 Å². The number of nitrogens with zero attached hydrogens (tertiary/aromatic N) is 3. The molecule has 1 unspecified atom stereocenters. The number of halogens is 2. The van der Waals surface area contributed by atoms with Crippen molar-refractivity contribution < 1.29 is 13.6 Å². The van der Waals surface area contributed by atoms with Gasteiger partial charge in [0.25, 0.3) is 0 Å². The Balaban J connectivity index is 1.64. The van der Waals surface area contributed by atoms with Crippen LogP contribution in [0.3, 0.4) is 0 Å². The van der Waals surface area contributed by atoms with Gasteiger partial charge in [-0.1, -0.05) is 11.3 Å². The summed E-state index contributed by atoms with van der Waals surface area (Å²) in [5, 5.41) is 6.17. The molecule has 1 fully saturated rings. The highest BCUT2D eigenvalue weighted by Gasteiger charge is 2.26. The first kappa shape index (κ1) is 18.1. The maximum atomic E-state index is 13.7. The van der Waals surface area contributed by atoms with E-state index >= 15 is 0 Å². The number of nitrogens with one attached hydrogen (secondary N) is 2. The molecular weight excluding hydrogens is 348 g/mol. The fourth-order valence-electron chi connectivity index (χ4n) is 2.73. The third-order valence-electron chi connectivity index (χ3n) is 4.08. The van der Waals surface area contributed by atoms with Crippen LogP contribution >= 0.6 is 11.3 Å². The lowest BCUT2D eigenvalue weighted by atomic mass is 10.2. The van der Waals surface area contributed by atoms with Crippen molar-refractivity contribution in [2.24, 2.45) is 0 Å². The van der Waals surface area contributed by atoms with Gasteiger partial charge in [0.15, 0.2) is 10.9 Å². The monoisotopic (exact) mass is 369 g/mol. The quantitative estimate of drug-likeness (QED) is 0.833. The molecule has 1 atom stereocenters. The van der Waals surface area contributed by atoms with Crippen LogP contribution in [0.15, 0.2) is 12.1 Å². The second kappa shape index (κ2) is 7.69. The molecule has 1 aromatic heterocycles. The molecule has 1 aliphatic rings. The molecule has 0 aliphatic carbocycles. The number of amides is 1. The lowest BCUT2D eigenvalue weighted by molar-refractivity contribution is -0.119. The highest BCUT2D eigenvalue weighted by atomic mass is 32.1. The van der Waals surface area contributed by atoms with Gasteiger partial charge in [-0.15, -0.1) is 0 Å². The number of aromatic nitrogens is 1. The van der Waals surface area contributed by atoms with Gasteiger partial charge in [0.05, 0.1) is 10.7 Å². The van der Waals surface area contributed by atoms with E-state index < -0.39 is 11.6 Å². The predicted molar refractivity (Wildman–Crippen MR) is 95.0 cm³/mol. The topological polar surface area (TPSA) is 60.5 Å². The fourth-order valence-corrected chi connectivity index (χ4v) is 3.64. The molecule has 6 nitrogen and oxygen atoms in total. The van der Waals surface area contributed by atoms with Crippen molar-refractivity contribution in [3.8, 4) is 0 Å². The smallest absolute Gasteiger partial charge is 0.244 e. The number of hydrogen-bond donors (Lipinski definition) is 2. The summed E-state index contributed by atoms with van der Waals surface area (Å²) in [6, 6.07) is 1.65. The second-order valence-electron chi connectivity index (χ2n) is 6.35. The van der Waals surface area contributed by atoms with E-state index in [1.54, 1.807) is 0 Å². The molecule has 25 heavy (non-hydrogen) atoms. The largest absolute Gasteiger partial charge is 0.308 e. The molecule has 0 bridgehead atoms. The van der Waals surface area contributed by atoms with Gasteiger partial charge in [-0.3, -0.25) is 9.69 Å². The zero-order valence-electron chi connectivity index (χ0n) is 14.2. The summed E-state index contributed by atoms with van der Waals surface area (Å²) in [5.41, 5.74) is 0.0749. The summed E-state index contributed by atoms with van der Waals surface area (Å²) in [4.78, 5) is 20.9. The molecule has 1 aromatic carbocycles. The standard InChI is InChI=1S/C16H21F2N5OS/c1-22(2)5-6-23-4-3-19-12(9-23)15(24)21-16-20-14-11(18)7-10(17)8-13(14)25-16/h7-8,12,19H,3-6,9H2,1-2H3,(H,20,21,24). The fraction of sp³-hybridized carbons (Fsp3) is 0.500. The number of carbonyl (C=O) groups is 1. The summed E-state index contributed by atoms with van der Waals surface area (Å²) in [6.07, 6.45) is 0. The van der Waals surface area contributed by atoms with E-state index in [1.165, 1.54) is 6.07 Å². The molecule has 3 rings (SSSR count). The summed E-state index contributed by atoms with van der Waals surface area (Å²) < 4.78 is 27.4. The number of anilines is 1. The van der Waals surface area contributed by atoms with E-state index in [2.05, 4.69) is 25.4 Å². The van der Waals surface area contributed by atoms with Crippen LogP contribution in [0.5, 0.6) is 0 Å². The van der Waals surface area contributed by atoms with Crippen LogP contribution in [0.4, 0.5) is 13.9 Å². The van der Waals surface area contributed by atoms with E-state index in [9.17, 15) is 13.6 Å². The highest BCUT2D eigenvalue weighted by molar-refractivity contribution is 7.22. The summed E-state index contributed by atoms with van der Waals surface area (Å²) in [7, 11) is 4.03. The van der Waals surface area contributed by atoms with E-state index in [-0.39, 0.29) is 22.6 Å². The van der Waals surface area contributed by atoms with Gasteiger partial charge in [-0.2, -0.15) is 0 Å². The van der Waals surface area contributed by atoms with E-state index in [0.717, 1.165) is 43.6 Å². The minimum absolute atomic E-state index is 0.0749. The molecule has 0 radical (unpaired) electrons. The first-order valence-corrected chi connectivity index (χ1v) is 8.91. The summed E-state index contributed by atoms with van der Waals surface area (Å²) in [5.74, 6) is -1.59. The van der Waals surface area contributed by atoms with Crippen LogP contribution in [-0.4, -0.2) is 73.6 Å². The van der Waals surface area contributed by atoms with Gasteiger partial charge >= 0.3 is 0 Å². The van der Waals surface area contributed by atoms with Crippen molar-refractivity contribution in [1.29, 1.82) is 0 Å². The van der Waals surface area contributed by atoms with Crippen molar-refractivity contribution in [3.05, 3.63) is 23.8 Å². The average molecular weight is 369 g/mol. The number of thiazole rings is 1. The zero-order valence-corrected chi connectivity index (χ0v) is 15.0. The molecule has 0 saturated carbocycles. The Morgan fingerprint density at radius 1 is 1.48 bits per heavy atom. The SMILES string of the molecule is CN(C)CCN1CCNC(C(=O)Nc2nc3c(F)cc(F)cc3s2)C1. The van der Waals surface area contributed by atoms with Crippen molar-refractivity contribution in [2.45, 2.75) is 6.04 Å². The number of piperazine rings is 1. The highest BCUT2D eigenvalue weighted by Crippen LogP contribution is 2.28. The third-order valence-corrected chi connectivity index (χ3v) is 5.00. The first-order valence-electron chi connectivity index (χ1n) is 8.09. The zero-order chi connectivity index (χ0) is 18.0. The van der Waals surface area contributed by atoms with Gasteiger partial charge in [0, 0.05) is 38.8 Å². The maximum Gasteiger partial charge on any atom is 0.244 e. The van der Waals surface area contributed by atoms with Crippen LogP contribution in [0.2, 0.25) is 0 Å². The molecule has 1 amide bonds. The Bertz CT molecular complexity index is 766. The Hall–Kier alpha value is -1.68. The summed E-state index contributed by atoms with van der Waals surface area (Å²) in [6.45, 7) is 4.04. The van der Waals surface area contributed by atoms with Crippen molar-refractivity contribution in [3.63, 3.8) is 0 Å². The lowest BCUT2D eigenvalue weighted by Crippen LogP contribution is -2.56. The number of rotatable bonds is 5. The van der Waals surface area contributed by atoms with Crippen LogP contribution in [0.25, 0.3) is 10.2 Å². The Kier molecular flexibility index (Phi) is 5.57. The summed E-state index contributed by atoms with van der Waals surface area (Å²) >= 11 is 1.06. The predicted octanol–water partition coefficient (Wildman–Crippen LogP) is 1.35. The Morgan fingerprint density at radius 2 is 2.28 bits per heavy atom. The molecule has 2 heterocycles. The molecule has 1 aliphatic heterocycles. The first-order chi connectivity index (χ1) is 11.9. The molecule has 2 N–H and O–H groups in total. The molecule has 9 heteroatoms. The normalized spacial score (nSPS) is 18.8. The Morgan fingerprint density at radius 3 is 3.04 bits per heavy atom.